The zero-order chi connectivity index (χ0) is 25.7. The van der Waals surface area contributed by atoms with Gasteiger partial charge in [0.25, 0.3) is 5.91 Å². The molecule has 3 aromatic rings. The van der Waals surface area contributed by atoms with Gasteiger partial charge < -0.3 is 20.7 Å². The summed E-state index contributed by atoms with van der Waals surface area (Å²) in [6.07, 6.45) is 2.64. The Hall–Kier alpha value is -3.71. The molecule has 3 heterocycles. The maximum atomic E-state index is 14.4. The molecule has 1 aliphatic rings. The second-order valence-electron chi connectivity index (χ2n) is 7.28. The topological polar surface area (TPSA) is 144 Å². The maximum absolute atomic E-state index is 14.4. The second-order valence-corrected chi connectivity index (χ2v) is 8.19. The predicted octanol–water partition coefficient (Wildman–Crippen LogP) is 2.76. The molecule has 2 aromatic heterocycles. The number of hydrogen-bond acceptors (Lipinski definition) is 7. The van der Waals surface area contributed by atoms with Gasteiger partial charge in [-0.3, -0.25) is 4.79 Å². The van der Waals surface area contributed by atoms with Crippen LogP contribution in [-0.2, 0) is 4.74 Å². The fourth-order valence-electron chi connectivity index (χ4n) is 3.26. The summed E-state index contributed by atoms with van der Waals surface area (Å²) in [4.78, 5) is 25.7. The third-order valence-electron chi connectivity index (χ3n) is 5.13. The minimum absolute atomic E-state index is 0.0180. The third kappa shape index (κ3) is 5.69. The lowest BCUT2D eigenvalue weighted by Gasteiger charge is -2.40. The summed E-state index contributed by atoms with van der Waals surface area (Å²) >= 11 is 3.36. The molecule has 1 aliphatic heterocycles. The van der Waals surface area contributed by atoms with Gasteiger partial charge in [0, 0.05) is 29.3 Å². The number of carbonyl (C=O) groups excluding carboxylic acids is 2. The number of fused-ring (bicyclic) bond motifs is 1. The summed E-state index contributed by atoms with van der Waals surface area (Å²) in [5.74, 6) is 4.77. The number of hydrazone groups is 1. The molecule has 0 saturated carbocycles. The number of hydrogen-bond donors (Lipinski definition) is 3. The average molecular weight is 549 g/mol. The molecule has 35 heavy (non-hydrogen) atoms. The lowest BCUT2D eigenvalue weighted by atomic mass is 10.1. The summed E-state index contributed by atoms with van der Waals surface area (Å²) in [5, 5.41) is 11.9. The van der Waals surface area contributed by atoms with Crippen molar-refractivity contribution in [3.05, 3.63) is 64.1 Å². The fraction of sp³-hybridized carbons (Fsp3) is 0.273. The van der Waals surface area contributed by atoms with Crippen LogP contribution >= 0.6 is 15.9 Å². The zero-order valence-electron chi connectivity index (χ0n) is 19.4. The average Bonchev–Trinajstić information content (AvgIpc) is 3.23. The van der Waals surface area contributed by atoms with Crippen molar-refractivity contribution >= 4 is 45.0 Å². The van der Waals surface area contributed by atoms with E-state index in [1.807, 2.05) is 13.8 Å². The molecule has 0 unspecified atom stereocenters. The highest BCUT2D eigenvalue weighted by molar-refractivity contribution is 9.10. The van der Waals surface area contributed by atoms with Gasteiger partial charge >= 0.3 is 6.09 Å². The van der Waals surface area contributed by atoms with E-state index in [1.54, 1.807) is 18.3 Å². The van der Waals surface area contributed by atoms with Crippen molar-refractivity contribution in [2.24, 2.45) is 16.7 Å². The van der Waals surface area contributed by atoms with Gasteiger partial charge in [-0.05, 0) is 30.3 Å². The molecule has 186 valence electrons. The van der Waals surface area contributed by atoms with Gasteiger partial charge in [-0.2, -0.15) is 5.10 Å². The largest absolute Gasteiger partial charge is 0.453 e. The van der Waals surface area contributed by atoms with Crippen LogP contribution in [0.5, 0.6) is 0 Å². The maximum Gasteiger partial charge on any atom is 0.409 e. The standard InChI is InChI=1S/C20H20BrFN8O3.C2H6/c1-33-20(32)28-9-13(10-28)30(24)27-18(23)11-2-3-15(22)16(6-11)26-19(31)14-8-25-29-5-4-12(21)7-17(14)29;1-2/h2-8,13H,9-10,24H2,1H3,(H2,23,27)(H,26,31);1-2H3. The number of anilines is 1. The van der Waals surface area contributed by atoms with Crippen molar-refractivity contribution in [1.29, 1.82) is 0 Å². The third-order valence-corrected chi connectivity index (χ3v) is 5.62. The smallest absolute Gasteiger partial charge is 0.409 e. The van der Waals surface area contributed by atoms with E-state index in [0.29, 0.717) is 24.2 Å². The number of halogens is 2. The quantitative estimate of drug-likeness (QED) is 0.192. The first-order valence-electron chi connectivity index (χ1n) is 10.7. The van der Waals surface area contributed by atoms with Crippen LogP contribution in [0.1, 0.15) is 29.8 Å². The van der Waals surface area contributed by atoms with Crippen LogP contribution in [0, 0.1) is 5.82 Å². The number of nitrogens with one attached hydrogen (secondary N) is 1. The Balaban J connectivity index is 0.00000167. The first-order chi connectivity index (χ1) is 16.8. The molecule has 2 amide bonds. The fourth-order valence-corrected chi connectivity index (χ4v) is 3.60. The van der Waals surface area contributed by atoms with Crippen LogP contribution in [-0.4, -0.2) is 63.7 Å². The number of hydrazine groups is 1. The highest BCUT2D eigenvalue weighted by atomic mass is 79.9. The van der Waals surface area contributed by atoms with Crippen molar-refractivity contribution < 1.29 is 18.7 Å². The van der Waals surface area contributed by atoms with Gasteiger partial charge in [0.2, 0.25) is 0 Å². The normalized spacial score (nSPS) is 13.5. The Kier molecular flexibility index (Phi) is 8.25. The Morgan fingerprint density at radius 1 is 1.29 bits per heavy atom. The van der Waals surface area contributed by atoms with Crippen LogP contribution in [0.3, 0.4) is 0 Å². The molecular weight excluding hydrogens is 523 g/mol. The van der Waals surface area contributed by atoms with Crippen LogP contribution in [0.2, 0.25) is 0 Å². The Morgan fingerprint density at radius 2 is 2.00 bits per heavy atom. The molecule has 1 fully saturated rings. The number of amidine groups is 1. The molecule has 0 aliphatic carbocycles. The first kappa shape index (κ1) is 25.9. The predicted molar refractivity (Wildman–Crippen MR) is 133 cm³/mol. The van der Waals surface area contributed by atoms with Gasteiger partial charge in [-0.15, -0.1) is 5.10 Å². The first-order valence-corrected chi connectivity index (χ1v) is 11.5. The van der Waals surface area contributed by atoms with Crippen LogP contribution < -0.4 is 16.9 Å². The number of carbonyl (C=O) groups is 2. The number of rotatable bonds is 5. The molecule has 5 N–H and O–H groups in total. The molecule has 0 spiro atoms. The van der Waals surface area contributed by atoms with Crippen molar-refractivity contribution in [2.45, 2.75) is 19.9 Å². The molecule has 11 nitrogen and oxygen atoms in total. The lowest BCUT2D eigenvalue weighted by molar-refractivity contribution is 0.0301. The van der Waals surface area contributed by atoms with Crippen molar-refractivity contribution in [1.82, 2.24) is 19.6 Å². The highest BCUT2D eigenvalue weighted by Gasteiger charge is 2.34. The molecule has 0 bridgehead atoms. The Labute approximate surface area is 209 Å². The van der Waals surface area contributed by atoms with E-state index in [1.165, 1.54) is 40.9 Å². The van der Waals surface area contributed by atoms with E-state index in [9.17, 15) is 14.0 Å². The van der Waals surface area contributed by atoms with Crippen LogP contribution in [0.15, 0.2) is 52.3 Å². The number of likely N-dealkylation sites (tertiary alicyclic amines) is 1. The Morgan fingerprint density at radius 3 is 2.69 bits per heavy atom. The summed E-state index contributed by atoms with van der Waals surface area (Å²) in [5.41, 5.74) is 7.15. The van der Waals surface area contributed by atoms with Crippen molar-refractivity contribution in [3.8, 4) is 0 Å². The Bertz CT molecular complexity index is 1260. The summed E-state index contributed by atoms with van der Waals surface area (Å²) in [7, 11) is 1.30. The number of pyridine rings is 1. The van der Waals surface area contributed by atoms with Crippen molar-refractivity contribution in [2.75, 3.05) is 25.5 Å². The lowest BCUT2D eigenvalue weighted by Crippen LogP contribution is -2.61. The molecule has 1 aromatic carbocycles. The number of ether oxygens (including phenoxy) is 1. The SMILES string of the molecule is CC.COC(=O)N1CC(N(N)/N=C(\N)c2ccc(F)c(NC(=O)c3cnn4ccc(Br)cc34)c2)C1. The van der Waals surface area contributed by atoms with Gasteiger partial charge in [0.15, 0.2) is 5.84 Å². The summed E-state index contributed by atoms with van der Waals surface area (Å²) < 4.78 is 21.4. The number of nitrogens with two attached hydrogens (primary N) is 2. The molecular formula is C22H26BrFN8O3. The van der Waals surface area contributed by atoms with Gasteiger partial charge in [-0.1, -0.05) is 29.8 Å². The van der Waals surface area contributed by atoms with E-state index < -0.39 is 17.8 Å². The van der Waals surface area contributed by atoms with Crippen molar-refractivity contribution in [3.63, 3.8) is 0 Å². The minimum atomic E-state index is -0.644. The van der Waals surface area contributed by atoms with E-state index in [-0.39, 0.29) is 23.1 Å². The van der Waals surface area contributed by atoms with E-state index in [0.717, 1.165) is 9.59 Å². The number of methoxy groups -OCH3 is 1. The van der Waals surface area contributed by atoms with E-state index >= 15 is 0 Å². The monoisotopic (exact) mass is 548 g/mol. The number of benzene rings is 1. The minimum Gasteiger partial charge on any atom is -0.453 e. The summed E-state index contributed by atoms with van der Waals surface area (Å²) in [6, 6.07) is 7.23. The molecule has 0 radical (unpaired) electrons. The number of nitrogens with zero attached hydrogens (tertiary/aromatic N) is 5. The zero-order valence-corrected chi connectivity index (χ0v) is 21.0. The molecule has 1 saturated heterocycles. The van der Waals surface area contributed by atoms with Gasteiger partial charge in [-0.25, -0.2) is 24.7 Å². The van der Waals surface area contributed by atoms with Crippen LogP contribution in [0.4, 0.5) is 14.9 Å². The van der Waals surface area contributed by atoms with E-state index in [2.05, 4.69) is 36.2 Å². The molecule has 4 rings (SSSR count). The van der Waals surface area contributed by atoms with Gasteiger partial charge in [0.1, 0.15) is 5.82 Å². The number of aromatic nitrogens is 2. The highest BCUT2D eigenvalue weighted by Crippen LogP contribution is 2.21. The number of amides is 2. The van der Waals surface area contributed by atoms with E-state index in [4.69, 9.17) is 11.6 Å². The summed E-state index contributed by atoms with van der Waals surface area (Å²) in [6.45, 7) is 4.67. The second kappa shape index (κ2) is 11.1. The molecule has 13 heteroatoms. The van der Waals surface area contributed by atoms with Gasteiger partial charge in [0.05, 0.1) is 36.1 Å². The van der Waals surface area contributed by atoms with Crippen LogP contribution in [0.25, 0.3) is 5.52 Å². The molecule has 0 atom stereocenters.